The first-order chi connectivity index (χ1) is 20.7. The maximum absolute atomic E-state index is 12.8. The molecule has 3 aromatic carbocycles. The van der Waals surface area contributed by atoms with E-state index in [9.17, 15) is 4.79 Å². The van der Waals surface area contributed by atoms with Crippen LogP contribution in [0.4, 0.5) is 23.0 Å². The van der Waals surface area contributed by atoms with Crippen LogP contribution in [0.3, 0.4) is 0 Å². The minimum absolute atomic E-state index is 0.164. The van der Waals surface area contributed by atoms with Crippen molar-refractivity contribution in [2.75, 3.05) is 41.8 Å². The van der Waals surface area contributed by atoms with E-state index in [0.717, 1.165) is 59.6 Å². The molecule has 6 aromatic rings. The smallest absolute Gasteiger partial charge is 0.255 e. The van der Waals surface area contributed by atoms with E-state index in [1.54, 1.807) is 29.7 Å². The zero-order valence-corrected chi connectivity index (χ0v) is 23.4. The SMILES string of the molecule is O=C(Nc1cccc(-c2nc3sccn3c2-c2ccnc(Nc3ccc(N4CCOCC4)cc3)n2)c1)c1ccccc1. The number of thiazole rings is 1. The van der Waals surface area contributed by atoms with Crippen molar-refractivity contribution in [2.24, 2.45) is 0 Å². The van der Waals surface area contributed by atoms with Crippen molar-refractivity contribution in [1.82, 2.24) is 19.4 Å². The number of amides is 1. The zero-order chi connectivity index (χ0) is 28.3. The molecule has 1 aliphatic heterocycles. The number of hydrogen-bond acceptors (Lipinski definition) is 8. The molecule has 42 heavy (non-hydrogen) atoms. The van der Waals surface area contributed by atoms with Gasteiger partial charge in [-0.15, -0.1) is 11.3 Å². The van der Waals surface area contributed by atoms with Gasteiger partial charge in [0, 0.05) is 59.1 Å². The molecule has 0 spiro atoms. The van der Waals surface area contributed by atoms with Crippen molar-refractivity contribution in [3.63, 3.8) is 0 Å². The van der Waals surface area contributed by atoms with Crippen molar-refractivity contribution < 1.29 is 9.53 Å². The Morgan fingerprint density at radius 3 is 2.55 bits per heavy atom. The minimum Gasteiger partial charge on any atom is -0.378 e. The summed E-state index contributed by atoms with van der Waals surface area (Å²) in [4.78, 5) is 30.2. The third-order valence-electron chi connectivity index (χ3n) is 7.09. The molecule has 1 amide bonds. The van der Waals surface area contributed by atoms with Gasteiger partial charge in [-0.3, -0.25) is 9.20 Å². The van der Waals surface area contributed by atoms with Gasteiger partial charge in [-0.2, -0.15) is 0 Å². The molecule has 4 heterocycles. The molecule has 1 fully saturated rings. The van der Waals surface area contributed by atoms with Crippen molar-refractivity contribution in [2.45, 2.75) is 0 Å². The summed E-state index contributed by atoms with van der Waals surface area (Å²) in [7, 11) is 0. The number of anilines is 4. The van der Waals surface area contributed by atoms with E-state index >= 15 is 0 Å². The van der Waals surface area contributed by atoms with Gasteiger partial charge in [0.05, 0.1) is 24.6 Å². The molecule has 0 unspecified atom stereocenters. The first-order valence-electron chi connectivity index (χ1n) is 13.7. The van der Waals surface area contributed by atoms with Crippen LogP contribution >= 0.6 is 11.3 Å². The van der Waals surface area contributed by atoms with Crippen LogP contribution in [0.1, 0.15) is 10.4 Å². The lowest BCUT2D eigenvalue weighted by molar-refractivity contribution is 0.102. The Kier molecular flexibility index (Phi) is 7.05. The van der Waals surface area contributed by atoms with E-state index in [-0.39, 0.29) is 5.91 Å². The molecule has 0 bridgehead atoms. The van der Waals surface area contributed by atoms with Crippen molar-refractivity contribution in [3.05, 3.63) is 108 Å². The molecule has 1 aliphatic rings. The average molecular weight is 574 g/mol. The van der Waals surface area contributed by atoms with Gasteiger partial charge >= 0.3 is 0 Å². The number of nitrogens with one attached hydrogen (secondary N) is 2. The fourth-order valence-electron chi connectivity index (χ4n) is 5.03. The predicted octanol–water partition coefficient (Wildman–Crippen LogP) is 6.35. The highest BCUT2D eigenvalue weighted by atomic mass is 32.1. The second-order valence-corrected chi connectivity index (χ2v) is 10.7. The number of carbonyl (C=O) groups excluding carboxylic acids is 1. The first-order valence-corrected chi connectivity index (χ1v) is 14.5. The number of rotatable bonds is 7. The van der Waals surface area contributed by atoms with Crippen LogP contribution in [0.5, 0.6) is 0 Å². The molecule has 208 valence electrons. The van der Waals surface area contributed by atoms with Crippen LogP contribution in [0.2, 0.25) is 0 Å². The Labute approximate surface area is 246 Å². The summed E-state index contributed by atoms with van der Waals surface area (Å²) < 4.78 is 7.51. The van der Waals surface area contributed by atoms with E-state index in [2.05, 4.69) is 32.7 Å². The van der Waals surface area contributed by atoms with Crippen LogP contribution < -0.4 is 15.5 Å². The molecule has 9 nitrogen and oxygen atoms in total. The standard InChI is InChI=1S/C32H27N7O2S/c40-30(22-5-2-1-3-6-22)34-25-8-4-7-23(21-25)28-29(39-17-20-42-32(39)37-28)27-13-14-33-31(36-27)35-24-9-11-26(12-10-24)38-15-18-41-19-16-38/h1-14,17,20-21H,15-16,18-19H2,(H,34,40)(H,33,35,36). The Hall–Kier alpha value is -5.06. The van der Waals surface area contributed by atoms with Gasteiger partial charge in [0.2, 0.25) is 5.95 Å². The van der Waals surface area contributed by atoms with Crippen LogP contribution in [-0.4, -0.2) is 51.6 Å². The van der Waals surface area contributed by atoms with E-state index in [4.69, 9.17) is 14.7 Å². The number of fused-ring (bicyclic) bond motifs is 1. The lowest BCUT2D eigenvalue weighted by atomic mass is 10.1. The topological polar surface area (TPSA) is 96.7 Å². The second kappa shape index (κ2) is 11.4. The summed E-state index contributed by atoms with van der Waals surface area (Å²) in [6, 6.07) is 27.1. The molecule has 10 heteroatoms. The molecule has 7 rings (SSSR count). The van der Waals surface area contributed by atoms with E-state index in [1.807, 2.05) is 76.6 Å². The van der Waals surface area contributed by atoms with Crippen LogP contribution in [0.15, 0.2) is 103 Å². The first kappa shape index (κ1) is 25.9. The van der Waals surface area contributed by atoms with Crippen molar-refractivity contribution in [1.29, 1.82) is 0 Å². The number of benzene rings is 3. The molecule has 1 saturated heterocycles. The number of carbonyl (C=O) groups is 1. The van der Waals surface area contributed by atoms with Gasteiger partial charge in [0.25, 0.3) is 5.91 Å². The molecule has 0 atom stereocenters. The highest BCUT2D eigenvalue weighted by Crippen LogP contribution is 2.35. The Balaban J connectivity index is 1.17. The number of morpholine rings is 1. The molecule has 0 radical (unpaired) electrons. The molecular weight excluding hydrogens is 546 g/mol. The molecule has 2 N–H and O–H groups in total. The summed E-state index contributed by atoms with van der Waals surface area (Å²) in [5.41, 5.74) is 6.60. The fraction of sp³-hybridized carbons (Fsp3) is 0.125. The molecular formula is C32H27N7O2S. The normalized spacial score (nSPS) is 13.3. The van der Waals surface area contributed by atoms with Gasteiger partial charge < -0.3 is 20.3 Å². The monoisotopic (exact) mass is 573 g/mol. The number of hydrogen-bond donors (Lipinski definition) is 2. The van der Waals surface area contributed by atoms with Gasteiger partial charge in [-0.25, -0.2) is 15.0 Å². The van der Waals surface area contributed by atoms with E-state index in [1.165, 1.54) is 5.69 Å². The largest absolute Gasteiger partial charge is 0.378 e. The summed E-state index contributed by atoms with van der Waals surface area (Å²) in [5.74, 6) is 0.329. The maximum atomic E-state index is 12.8. The van der Waals surface area contributed by atoms with Gasteiger partial charge in [0.1, 0.15) is 5.69 Å². The number of nitrogens with zero attached hydrogens (tertiary/aromatic N) is 5. The van der Waals surface area contributed by atoms with Gasteiger partial charge in [-0.05, 0) is 54.6 Å². The second-order valence-electron chi connectivity index (χ2n) is 9.80. The van der Waals surface area contributed by atoms with E-state index in [0.29, 0.717) is 17.2 Å². The summed E-state index contributed by atoms with van der Waals surface area (Å²) in [5, 5.41) is 8.35. The average Bonchev–Trinajstić information content (AvgIpc) is 3.65. The lowest BCUT2D eigenvalue weighted by Crippen LogP contribution is -2.36. The van der Waals surface area contributed by atoms with Gasteiger partial charge in [0.15, 0.2) is 4.96 Å². The summed E-state index contributed by atoms with van der Waals surface area (Å²) in [6.45, 7) is 3.29. The third kappa shape index (κ3) is 5.32. The Bertz CT molecular complexity index is 1840. The predicted molar refractivity (Wildman–Crippen MR) is 167 cm³/mol. The molecule has 0 saturated carbocycles. The van der Waals surface area contributed by atoms with E-state index < -0.39 is 0 Å². The summed E-state index contributed by atoms with van der Waals surface area (Å²) in [6.07, 6.45) is 3.74. The maximum Gasteiger partial charge on any atom is 0.255 e. The van der Waals surface area contributed by atoms with Crippen LogP contribution in [-0.2, 0) is 4.74 Å². The zero-order valence-electron chi connectivity index (χ0n) is 22.6. The lowest BCUT2D eigenvalue weighted by Gasteiger charge is -2.28. The highest BCUT2D eigenvalue weighted by molar-refractivity contribution is 7.15. The number of aromatic nitrogens is 4. The minimum atomic E-state index is -0.164. The Morgan fingerprint density at radius 2 is 1.71 bits per heavy atom. The number of ether oxygens (including phenoxy) is 1. The van der Waals surface area contributed by atoms with Crippen LogP contribution in [0, 0.1) is 0 Å². The van der Waals surface area contributed by atoms with Crippen LogP contribution in [0.25, 0.3) is 27.6 Å². The highest BCUT2D eigenvalue weighted by Gasteiger charge is 2.19. The number of imidazole rings is 1. The Morgan fingerprint density at radius 1 is 0.881 bits per heavy atom. The summed E-state index contributed by atoms with van der Waals surface area (Å²) >= 11 is 1.55. The van der Waals surface area contributed by atoms with Crippen molar-refractivity contribution >= 4 is 45.2 Å². The molecule has 0 aliphatic carbocycles. The van der Waals surface area contributed by atoms with Crippen molar-refractivity contribution in [3.8, 4) is 22.6 Å². The fourth-order valence-corrected chi connectivity index (χ4v) is 5.74. The quantitative estimate of drug-likeness (QED) is 0.230. The van der Waals surface area contributed by atoms with Gasteiger partial charge in [-0.1, -0.05) is 30.3 Å². The molecule has 3 aromatic heterocycles. The third-order valence-corrected chi connectivity index (χ3v) is 7.85.